The Bertz CT molecular complexity index is 863. The molecule has 2 fully saturated rings. The number of hydrogen-bond acceptors (Lipinski definition) is 4. The van der Waals surface area contributed by atoms with E-state index in [0.717, 1.165) is 50.3 Å². The molecule has 2 aromatic rings. The van der Waals surface area contributed by atoms with E-state index in [9.17, 15) is 4.79 Å². The number of aliphatic hydroxyl groups is 1. The van der Waals surface area contributed by atoms with Crippen molar-refractivity contribution in [3.05, 3.63) is 76.8 Å². The lowest BCUT2D eigenvalue weighted by Crippen LogP contribution is -2.44. The van der Waals surface area contributed by atoms with Gasteiger partial charge in [0.25, 0.3) is 0 Å². The van der Waals surface area contributed by atoms with Crippen LogP contribution < -0.4 is 4.90 Å². The van der Waals surface area contributed by atoms with Crippen LogP contribution in [0.4, 0.5) is 5.69 Å². The van der Waals surface area contributed by atoms with Crippen LogP contribution in [0.25, 0.3) is 0 Å². The van der Waals surface area contributed by atoms with Gasteiger partial charge in [-0.25, -0.2) is 0 Å². The molecule has 0 radical (unpaired) electrons. The second-order valence-electron chi connectivity index (χ2n) is 8.66. The van der Waals surface area contributed by atoms with Gasteiger partial charge in [-0.2, -0.15) is 0 Å². The predicted octanol–water partition coefficient (Wildman–Crippen LogP) is 6.02. The second kappa shape index (κ2) is 15.7. The number of para-hydroxylation sites is 1. The monoisotopic (exact) mass is 484 g/mol. The summed E-state index contributed by atoms with van der Waals surface area (Å²) < 4.78 is 0. The molecule has 3 aliphatic rings. The second-order valence-corrected chi connectivity index (χ2v) is 9.07. The first-order valence-electron chi connectivity index (χ1n) is 12.6. The zero-order valence-corrected chi connectivity index (χ0v) is 21.8. The van der Waals surface area contributed by atoms with Gasteiger partial charge in [-0.1, -0.05) is 79.6 Å². The van der Waals surface area contributed by atoms with Crippen molar-refractivity contribution in [2.75, 3.05) is 38.1 Å². The summed E-state index contributed by atoms with van der Waals surface area (Å²) in [5, 5.41) is 10.0. The van der Waals surface area contributed by atoms with Crippen molar-refractivity contribution in [1.82, 2.24) is 4.90 Å². The Morgan fingerprint density at radius 3 is 2.15 bits per heavy atom. The van der Waals surface area contributed by atoms with Gasteiger partial charge in [0.05, 0.1) is 16.8 Å². The Morgan fingerprint density at radius 2 is 1.65 bits per heavy atom. The summed E-state index contributed by atoms with van der Waals surface area (Å²) in [6, 6.07) is 18.1. The number of piperazine rings is 1. The summed E-state index contributed by atoms with van der Waals surface area (Å²) in [5.74, 6) is 0.579. The van der Waals surface area contributed by atoms with Crippen LogP contribution in [0.15, 0.2) is 66.2 Å². The van der Waals surface area contributed by atoms with E-state index in [1.807, 2.05) is 62.4 Å². The molecule has 4 nitrogen and oxygen atoms in total. The lowest BCUT2D eigenvalue weighted by Gasteiger charge is -2.34. The number of aliphatic hydroxyl groups excluding tert-OH is 1. The Morgan fingerprint density at radius 1 is 1.00 bits per heavy atom. The van der Waals surface area contributed by atoms with E-state index >= 15 is 0 Å². The molecule has 1 saturated carbocycles. The molecule has 34 heavy (non-hydrogen) atoms. The maximum absolute atomic E-state index is 9.98. The molecule has 1 saturated heterocycles. The number of carbonyl (C=O) groups excluding carboxylic acids is 1. The number of fused-ring (bicyclic) bond motifs is 1. The molecule has 2 unspecified atom stereocenters. The first-order valence-corrected chi connectivity index (χ1v) is 13.0. The fraction of sp³-hybridized carbons (Fsp3) is 0.483. The minimum atomic E-state index is -0.0150. The van der Waals surface area contributed by atoms with Gasteiger partial charge >= 0.3 is 0 Å². The molecular formula is C29H41ClN2O2. The minimum Gasteiger partial charge on any atom is -0.392 e. The van der Waals surface area contributed by atoms with Gasteiger partial charge in [-0.05, 0) is 50.4 Å². The van der Waals surface area contributed by atoms with Crippen molar-refractivity contribution in [1.29, 1.82) is 0 Å². The molecule has 2 aromatic carbocycles. The van der Waals surface area contributed by atoms with Crippen LogP contribution in [-0.2, 0) is 11.2 Å². The number of rotatable bonds is 4. The van der Waals surface area contributed by atoms with Gasteiger partial charge in [-0.15, -0.1) is 0 Å². The van der Waals surface area contributed by atoms with E-state index in [2.05, 4.69) is 29.0 Å². The van der Waals surface area contributed by atoms with E-state index in [-0.39, 0.29) is 6.10 Å². The fourth-order valence-corrected chi connectivity index (χ4v) is 4.49. The number of anilines is 1. The highest BCUT2D eigenvalue weighted by Crippen LogP contribution is 2.42. The lowest BCUT2D eigenvalue weighted by atomic mass is 9.80. The van der Waals surface area contributed by atoms with E-state index in [1.165, 1.54) is 29.7 Å². The number of hydrogen-bond donors (Lipinski definition) is 1. The Kier molecular flexibility index (Phi) is 13.0. The highest BCUT2D eigenvalue weighted by molar-refractivity contribution is 6.33. The van der Waals surface area contributed by atoms with Crippen LogP contribution in [0, 0.1) is 5.92 Å². The molecule has 0 amide bonds. The zero-order chi connectivity index (χ0) is 24.8. The van der Waals surface area contributed by atoms with Gasteiger partial charge in [0.15, 0.2) is 0 Å². The molecule has 0 bridgehead atoms. The summed E-state index contributed by atoms with van der Waals surface area (Å²) in [5.41, 5.74) is 3.91. The zero-order valence-electron chi connectivity index (χ0n) is 21.0. The maximum atomic E-state index is 9.98. The Labute approximate surface area is 211 Å². The third-order valence-corrected chi connectivity index (χ3v) is 6.72. The summed E-state index contributed by atoms with van der Waals surface area (Å²) in [6.45, 7) is 8.37. The van der Waals surface area contributed by atoms with Crippen LogP contribution in [0.3, 0.4) is 0 Å². The highest BCUT2D eigenvalue weighted by atomic mass is 35.5. The smallest absolute Gasteiger partial charge is 0.120 e. The standard InChI is InChI=1S/C11H15ClN2.C9H10O.C7H10O.C2H6/c1-13-6-8-14(9-7-13)11-5-3-2-4-10(11)12;10-8-4-7-9-5-2-1-3-6-9;8-7-4-2-5-1-3-6(5)7;1-2/h2-5H,6-9H2,1H3;1-3,5-6,8H,4,7H2;2,6-8H,1,3-4H2;1-2H3. The molecular weight excluding hydrogens is 444 g/mol. The molecule has 1 N–H and O–H groups in total. The first-order chi connectivity index (χ1) is 16.6. The van der Waals surface area contributed by atoms with Gasteiger partial charge < -0.3 is 19.7 Å². The molecule has 0 spiro atoms. The molecule has 186 valence electrons. The summed E-state index contributed by atoms with van der Waals surface area (Å²) in [7, 11) is 2.16. The number of halogens is 1. The maximum Gasteiger partial charge on any atom is 0.120 e. The van der Waals surface area contributed by atoms with Crippen LogP contribution in [-0.4, -0.2) is 55.6 Å². The van der Waals surface area contributed by atoms with E-state index in [4.69, 9.17) is 16.7 Å². The van der Waals surface area contributed by atoms with Crippen molar-refractivity contribution in [2.24, 2.45) is 5.92 Å². The van der Waals surface area contributed by atoms with Crippen molar-refractivity contribution in [3.8, 4) is 0 Å². The number of benzene rings is 2. The largest absolute Gasteiger partial charge is 0.392 e. The van der Waals surface area contributed by atoms with E-state index < -0.39 is 0 Å². The summed E-state index contributed by atoms with van der Waals surface area (Å²) in [4.78, 5) is 14.7. The third-order valence-electron chi connectivity index (χ3n) is 6.40. The van der Waals surface area contributed by atoms with Gasteiger partial charge in [0.2, 0.25) is 0 Å². The summed E-state index contributed by atoms with van der Waals surface area (Å²) in [6.07, 6.45) is 8.02. The third kappa shape index (κ3) is 8.90. The van der Waals surface area contributed by atoms with Crippen LogP contribution in [0.1, 0.15) is 45.1 Å². The highest BCUT2D eigenvalue weighted by Gasteiger charge is 2.34. The van der Waals surface area contributed by atoms with Crippen LogP contribution >= 0.6 is 11.6 Å². The quantitative estimate of drug-likeness (QED) is 0.425. The molecule has 2 aliphatic carbocycles. The molecule has 2 atom stereocenters. The van der Waals surface area contributed by atoms with E-state index in [1.54, 1.807) is 0 Å². The summed E-state index contributed by atoms with van der Waals surface area (Å²) >= 11 is 6.14. The molecule has 5 heteroatoms. The SMILES string of the molecule is CC.CN1CCN(c2ccccc2Cl)CC1.O=CCCc1ccccc1.OC1CC=C2CCC21. The number of carbonyl (C=O) groups is 1. The van der Waals surface area contributed by atoms with Gasteiger partial charge in [0, 0.05) is 38.5 Å². The normalized spacial score (nSPS) is 20.6. The van der Waals surface area contributed by atoms with Gasteiger partial charge in [-0.3, -0.25) is 0 Å². The van der Waals surface area contributed by atoms with Crippen molar-refractivity contribution in [3.63, 3.8) is 0 Å². The topological polar surface area (TPSA) is 43.8 Å². The Balaban J connectivity index is 0.000000180. The number of nitrogens with zero attached hydrogens (tertiary/aromatic N) is 2. The predicted molar refractivity (Wildman–Crippen MR) is 145 cm³/mol. The number of likely N-dealkylation sites (N-methyl/N-ethyl adjacent to an activating group) is 1. The lowest BCUT2D eigenvalue weighted by molar-refractivity contribution is -0.107. The van der Waals surface area contributed by atoms with Crippen molar-refractivity contribution in [2.45, 2.75) is 52.1 Å². The first kappa shape index (κ1) is 28.1. The number of aryl methyl sites for hydroxylation is 1. The van der Waals surface area contributed by atoms with E-state index in [0.29, 0.717) is 12.3 Å². The van der Waals surface area contributed by atoms with Crippen LogP contribution in [0.2, 0.25) is 5.02 Å². The Hall–Kier alpha value is -2.14. The van der Waals surface area contributed by atoms with Crippen molar-refractivity contribution < 1.29 is 9.90 Å². The molecule has 0 aromatic heterocycles. The van der Waals surface area contributed by atoms with Gasteiger partial charge in [0.1, 0.15) is 6.29 Å². The molecule has 5 rings (SSSR count). The minimum absolute atomic E-state index is 0.0150. The average molecular weight is 485 g/mol. The average Bonchev–Trinajstić information content (AvgIpc) is 3.11. The number of aldehydes is 1. The van der Waals surface area contributed by atoms with Crippen LogP contribution in [0.5, 0.6) is 0 Å². The molecule has 1 aliphatic heterocycles. The van der Waals surface area contributed by atoms with Crippen molar-refractivity contribution >= 4 is 23.6 Å². The molecule has 1 heterocycles. The fourth-order valence-electron chi connectivity index (χ4n) is 4.23.